The maximum atomic E-state index is 13.9. The summed E-state index contributed by atoms with van der Waals surface area (Å²) in [5.74, 6) is -0.431. The average molecular weight is 505 g/mol. The third-order valence-corrected chi connectivity index (χ3v) is 6.47. The number of hydrogen-bond acceptors (Lipinski definition) is 5. The van der Waals surface area contributed by atoms with E-state index in [1.807, 2.05) is 24.3 Å². The van der Waals surface area contributed by atoms with Crippen molar-refractivity contribution in [2.75, 3.05) is 11.9 Å². The van der Waals surface area contributed by atoms with Crippen molar-refractivity contribution in [3.05, 3.63) is 100 Å². The van der Waals surface area contributed by atoms with E-state index in [0.717, 1.165) is 27.9 Å². The lowest BCUT2D eigenvalue weighted by molar-refractivity contribution is -0.123. The fourth-order valence-electron chi connectivity index (χ4n) is 3.69. The standard InChI is InChI=1S/C28H25FN2O4S/c1-18(2)22-8-4-6-10-24(22)30-26(32)17-35-21-13-11-19(12-14-21)15-25-27(33)31(28(34)36-25)16-20-7-3-5-9-23(20)29/h3-15,18H,16-17H2,1-2H3,(H,30,32)/b25-15-. The minimum absolute atomic E-state index is 0.120. The Morgan fingerprint density at radius 1 is 1.03 bits per heavy atom. The number of nitrogens with zero attached hydrogens (tertiary/aromatic N) is 1. The highest BCUT2D eigenvalue weighted by molar-refractivity contribution is 8.18. The van der Waals surface area contributed by atoms with E-state index in [1.54, 1.807) is 48.5 Å². The van der Waals surface area contributed by atoms with Gasteiger partial charge in [-0.1, -0.05) is 62.4 Å². The number of carbonyl (C=O) groups excluding carboxylic acids is 3. The van der Waals surface area contributed by atoms with E-state index in [1.165, 1.54) is 6.07 Å². The van der Waals surface area contributed by atoms with E-state index in [0.29, 0.717) is 11.3 Å². The molecule has 0 radical (unpaired) electrons. The van der Waals surface area contributed by atoms with Crippen LogP contribution >= 0.6 is 11.8 Å². The molecule has 0 aromatic heterocycles. The summed E-state index contributed by atoms with van der Waals surface area (Å²) in [5.41, 5.74) is 2.78. The number of benzene rings is 3. The molecule has 1 aliphatic rings. The summed E-state index contributed by atoms with van der Waals surface area (Å²) >= 11 is 0.816. The van der Waals surface area contributed by atoms with Gasteiger partial charge in [-0.25, -0.2) is 4.39 Å². The summed E-state index contributed by atoms with van der Waals surface area (Å²) in [5, 5.41) is 2.44. The quantitative estimate of drug-likeness (QED) is 0.370. The second kappa shape index (κ2) is 11.2. The molecule has 6 nitrogen and oxygen atoms in total. The van der Waals surface area contributed by atoms with Gasteiger partial charge in [0.15, 0.2) is 6.61 Å². The van der Waals surface area contributed by atoms with Gasteiger partial charge in [-0.15, -0.1) is 0 Å². The number of anilines is 1. The molecule has 4 rings (SSSR count). The van der Waals surface area contributed by atoms with Gasteiger partial charge in [0.05, 0.1) is 11.4 Å². The topological polar surface area (TPSA) is 75.7 Å². The third kappa shape index (κ3) is 6.01. The Morgan fingerprint density at radius 2 is 1.72 bits per heavy atom. The molecule has 1 fully saturated rings. The van der Waals surface area contributed by atoms with E-state index < -0.39 is 17.0 Å². The molecular formula is C28H25FN2O4S. The third-order valence-electron chi connectivity index (χ3n) is 5.56. The van der Waals surface area contributed by atoms with Crippen LogP contribution in [0.25, 0.3) is 6.08 Å². The summed E-state index contributed by atoms with van der Waals surface area (Å²) in [6.45, 7) is 3.85. The minimum atomic E-state index is -0.466. The van der Waals surface area contributed by atoms with Gasteiger partial charge in [0.2, 0.25) is 0 Å². The van der Waals surface area contributed by atoms with E-state index >= 15 is 0 Å². The van der Waals surface area contributed by atoms with Crippen molar-refractivity contribution >= 4 is 40.6 Å². The molecule has 0 saturated carbocycles. The Kier molecular flexibility index (Phi) is 7.85. The van der Waals surface area contributed by atoms with Gasteiger partial charge < -0.3 is 10.1 Å². The minimum Gasteiger partial charge on any atom is -0.484 e. The molecule has 0 aliphatic carbocycles. The van der Waals surface area contributed by atoms with Crippen molar-refractivity contribution in [1.29, 1.82) is 0 Å². The van der Waals surface area contributed by atoms with Gasteiger partial charge in [-0.3, -0.25) is 19.3 Å². The number of imide groups is 1. The first kappa shape index (κ1) is 25.2. The Balaban J connectivity index is 1.35. The monoisotopic (exact) mass is 504 g/mol. The van der Waals surface area contributed by atoms with Crippen molar-refractivity contribution in [2.24, 2.45) is 0 Å². The molecule has 1 saturated heterocycles. The lowest BCUT2D eigenvalue weighted by Gasteiger charge is -2.14. The van der Waals surface area contributed by atoms with Gasteiger partial charge in [0, 0.05) is 11.3 Å². The molecule has 0 atom stereocenters. The van der Waals surface area contributed by atoms with Crippen LogP contribution in [-0.2, 0) is 16.1 Å². The summed E-state index contributed by atoms with van der Waals surface area (Å²) in [4.78, 5) is 38.7. The van der Waals surface area contributed by atoms with Crippen LogP contribution < -0.4 is 10.1 Å². The molecule has 0 unspecified atom stereocenters. The number of hydrogen-bond donors (Lipinski definition) is 1. The normalized spacial score (nSPS) is 14.6. The molecule has 3 aromatic rings. The molecule has 184 valence electrons. The average Bonchev–Trinajstić information content (AvgIpc) is 3.12. The van der Waals surface area contributed by atoms with Crippen molar-refractivity contribution in [2.45, 2.75) is 26.3 Å². The lowest BCUT2D eigenvalue weighted by atomic mass is 10.0. The zero-order valence-corrected chi connectivity index (χ0v) is 20.7. The Bertz CT molecular complexity index is 1320. The second-order valence-electron chi connectivity index (χ2n) is 8.51. The summed E-state index contributed by atoms with van der Waals surface area (Å²) < 4.78 is 19.5. The van der Waals surface area contributed by atoms with Gasteiger partial charge in [0.25, 0.3) is 17.1 Å². The van der Waals surface area contributed by atoms with Gasteiger partial charge in [0.1, 0.15) is 11.6 Å². The maximum Gasteiger partial charge on any atom is 0.293 e. The molecule has 1 N–H and O–H groups in total. The highest BCUT2D eigenvalue weighted by Crippen LogP contribution is 2.33. The number of amides is 3. The first-order chi connectivity index (χ1) is 17.3. The van der Waals surface area contributed by atoms with Gasteiger partial charge in [-0.05, 0) is 59.1 Å². The summed E-state index contributed by atoms with van der Waals surface area (Å²) in [6.07, 6.45) is 1.60. The predicted molar refractivity (Wildman–Crippen MR) is 139 cm³/mol. The van der Waals surface area contributed by atoms with Crippen LogP contribution in [0.15, 0.2) is 77.7 Å². The van der Waals surface area contributed by atoms with Crippen molar-refractivity contribution in [3.63, 3.8) is 0 Å². The van der Waals surface area contributed by atoms with Crippen molar-refractivity contribution in [3.8, 4) is 5.75 Å². The van der Waals surface area contributed by atoms with Crippen molar-refractivity contribution in [1.82, 2.24) is 4.90 Å². The number of thioether (sulfide) groups is 1. The Morgan fingerprint density at radius 3 is 2.44 bits per heavy atom. The number of nitrogens with one attached hydrogen (secondary N) is 1. The number of carbonyl (C=O) groups is 3. The number of para-hydroxylation sites is 1. The molecule has 8 heteroatoms. The number of halogens is 1. The van der Waals surface area contributed by atoms with Crippen LogP contribution in [0.3, 0.4) is 0 Å². The zero-order valence-electron chi connectivity index (χ0n) is 19.9. The first-order valence-electron chi connectivity index (χ1n) is 11.4. The van der Waals surface area contributed by atoms with E-state index in [-0.39, 0.29) is 35.4 Å². The molecule has 0 bridgehead atoms. The Hall–Kier alpha value is -3.91. The van der Waals surface area contributed by atoms with Crippen LogP contribution in [0.4, 0.5) is 14.9 Å². The summed E-state index contributed by atoms with van der Waals surface area (Å²) in [6, 6.07) is 20.5. The number of rotatable bonds is 8. The van der Waals surface area contributed by atoms with Crippen LogP contribution in [-0.4, -0.2) is 28.6 Å². The fraction of sp³-hybridized carbons (Fsp3) is 0.179. The van der Waals surface area contributed by atoms with Gasteiger partial charge in [-0.2, -0.15) is 0 Å². The van der Waals surface area contributed by atoms with Crippen LogP contribution in [0.5, 0.6) is 5.75 Å². The van der Waals surface area contributed by atoms with Crippen LogP contribution in [0.2, 0.25) is 0 Å². The Labute approximate surface area is 213 Å². The largest absolute Gasteiger partial charge is 0.484 e. The second-order valence-corrected chi connectivity index (χ2v) is 9.50. The first-order valence-corrected chi connectivity index (χ1v) is 12.2. The van der Waals surface area contributed by atoms with E-state index in [9.17, 15) is 18.8 Å². The maximum absolute atomic E-state index is 13.9. The van der Waals surface area contributed by atoms with Gasteiger partial charge >= 0.3 is 0 Å². The van der Waals surface area contributed by atoms with Crippen molar-refractivity contribution < 1.29 is 23.5 Å². The molecule has 1 heterocycles. The summed E-state index contributed by atoms with van der Waals surface area (Å²) in [7, 11) is 0. The predicted octanol–water partition coefficient (Wildman–Crippen LogP) is 6.20. The smallest absolute Gasteiger partial charge is 0.293 e. The van der Waals surface area contributed by atoms with Crippen LogP contribution in [0.1, 0.15) is 36.5 Å². The molecular weight excluding hydrogens is 479 g/mol. The molecule has 3 aromatic carbocycles. The SMILES string of the molecule is CC(C)c1ccccc1NC(=O)COc1ccc(/C=C2\SC(=O)N(Cc3ccccc3F)C2=O)cc1. The highest BCUT2D eigenvalue weighted by Gasteiger charge is 2.35. The molecule has 36 heavy (non-hydrogen) atoms. The highest BCUT2D eigenvalue weighted by atomic mass is 32.2. The van der Waals surface area contributed by atoms with Crippen LogP contribution in [0, 0.1) is 5.82 Å². The zero-order chi connectivity index (χ0) is 25.7. The van der Waals surface area contributed by atoms with E-state index in [2.05, 4.69) is 19.2 Å². The fourth-order valence-corrected chi connectivity index (χ4v) is 4.53. The lowest BCUT2D eigenvalue weighted by Crippen LogP contribution is -2.27. The molecule has 3 amide bonds. The number of ether oxygens (including phenoxy) is 1. The van der Waals surface area contributed by atoms with E-state index in [4.69, 9.17) is 4.74 Å². The molecule has 0 spiro atoms. The molecule has 1 aliphatic heterocycles.